The maximum atomic E-state index is 11.9. The van der Waals surface area contributed by atoms with Gasteiger partial charge in [0.05, 0.1) is 0 Å². The molecule has 0 bridgehead atoms. The summed E-state index contributed by atoms with van der Waals surface area (Å²) in [6.45, 7) is 2.26. The van der Waals surface area contributed by atoms with E-state index >= 15 is 0 Å². The van der Waals surface area contributed by atoms with Crippen molar-refractivity contribution in [2.75, 3.05) is 0 Å². The van der Waals surface area contributed by atoms with Gasteiger partial charge in [0, 0.05) is 11.5 Å². The molecule has 0 saturated heterocycles. The monoisotopic (exact) mass is 272 g/mol. The lowest BCUT2D eigenvalue weighted by atomic mass is 10.0. The van der Waals surface area contributed by atoms with Gasteiger partial charge in [0.25, 0.3) is 0 Å². The second-order valence-electron chi connectivity index (χ2n) is 6.21. The van der Waals surface area contributed by atoms with Crippen molar-refractivity contribution in [3.8, 4) is 0 Å². The molecule has 0 atom stereocenters. The molecule has 0 unspecified atom stereocenters. The summed E-state index contributed by atoms with van der Waals surface area (Å²) in [6, 6.07) is 8.34. The van der Waals surface area contributed by atoms with Crippen LogP contribution < -0.4 is 0 Å². The summed E-state index contributed by atoms with van der Waals surface area (Å²) >= 11 is 0. The fourth-order valence-corrected chi connectivity index (χ4v) is 2.70. The molecule has 0 radical (unpaired) electrons. The van der Waals surface area contributed by atoms with E-state index in [1.54, 1.807) is 0 Å². The Bertz CT molecular complexity index is 400. The van der Waals surface area contributed by atoms with Crippen LogP contribution in [0.25, 0.3) is 0 Å². The summed E-state index contributed by atoms with van der Waals surface area (Å²) in [5.74, 6) is 0.691. The Labute approximate surface area is 123 Å². The number of unbranched alkanes of at least 4 members (excludes halogenated alkanes) is 6. The maximum Gasteiger partial charge on any atom is 0.165 e. The molecule has 0 amide bonds. The largest absolute Gasteiger partial charge is 0.294 e. The number of Topliss-reactive ketones (excluding diaryl/α,β-unsaturated/α-hetero) is 1. The van der Waals surface area contributed by atoms with Gasteiger partial charge in [0.2, 0.25) is 0 Å². The van der Waals surface area contributed by atoms with Crippen molar-refractivity contribution in [3.05, 3.63) is 35.4 Å². The molecule has 110 valence electrons. The zero-order valence-electron chi connectivity index (χ0n) is 12.9. The molecule has 0 heterocycles. The van der Waals surface area contributed by atoms with Crippen LogP contribution in [0, 0.1) is 5.92 Å². The van der Waals surface area contributed by atoms with Crippen molar-refractivity contribution in [2.45, 2.75) is 71.1 Å². The predicted molar refractivity (Wildman–Crippen MR) is 85.2 cm³/mol. The van der Waals surface area contributed by atoms with Crippen LogP contribution in [-0.2, 0) is 6.42 Å². The highest BCUT2D eigenvalue weighted by molar-refractivity contribution is 5.99. The van der Waals surface area contributed by atoms with Gasteiger partial charge in [0.15, 0.2) is 5.78 Å². The normalized spacial score (nSPS) is 14.4. The van der Waals surface area contributed by atoms with Gasteiger partial charge in [-0.05, 0) is 31.2 Å². The quantitative estimate of drug-likeness (QED) is 0.402. The Morgan fingerprint density at radius 3 is 2.15 bits per heavy atom. The molecule has 20 heavy (non-hydrogen) atoms. The van der Waals surface area contributed by atoms with Gasteiger partial charge in [0.1, 0.15) is 0 Å². The van der Waals surface area contributed by atoms with Crippen LogP contribution in [0.2, 0.25) is 0 Å². The van der Waals surface area contributed by atoms with E-state index in [0.717, 1.165) is 24.8 Å². The zero-order valence-corrected chi connectivity index (χ0v) is 12.9. The summed E-state index contributed by atoms with van der Waals surface area (Å²) in [6.07, 6.45) is 12.8. The number of rotatable bonds is 10. The minimum atomic E-state index is 0.337. The van der Waals surface area contributed by atoms with Crippen molar-refractivity contribution in [1.82, 2.24) is 0 Å². The summed E-state index contributed by atoms with van der Waals surface area (Å²) in [7, 11) is 0. The molecule has 2 rings (SSSR count). The number of hydrogen-bond acceptors (Lipinski definition) is 1. The standard InChI is InChI=1S/C19H28O/c1-2-3-4-5-6-7-8-9-16-10-12-17(13-11-16)19(20)18-14-15-18/h10-13,18H,2-9,14-15H2,1H3. The molecule has 0 aromatic heterocycles. The summed E-state index contributed by atoms with van der Waals surface area (Å²) < 4.78 is 0. The first kappa shape index (κ1) is 15.3. The Kier molecular flexibility index (Phi) is 6.29. The van der Waals surface area contributed by atoms with Crippen molar-refractivity contribution in [1.29, 1.82) is 0 Å². The van der Waals surface area contributed by atoms with Crippen LogP contribution in [0.5, 0.6) is 0 Å². The maximum absolute atomic E-state index is 11.9. The van der Waals surface area contributed by atoms with E-state index in [0.29, 0.717) is 11.7 Å². The topological polar surface area (TPSA) is 17.1 Å². The van der Waals surface area contributed by atoms with E-state index in [-0.39, 0.29) is 0 Å². The van der Waals surface area contributed by atoms with Gasteiger partial charge in [-0.1, -0.05) is 69.7 Å². The SMILES string of the molecule is CCCCCCCCCc1ccc(C(=O)C2CC2)cc1. The number of hydrogen-bond donors (Lipinski definition) is 0. The molecule has 1 aromatic carbocycles. The van der Waals surface area contributed by atoms with E-state index in [1.165, 1.54) is 50.5 Å². The van der Waals surface area contributed by atoms with Crippen LogP contribution in [0.3, 0.4) is 0 Å². The second kappa shape index (κ2) is 8.24. The minimum absolute atomic E-state index is 0.337. The van der Waals surface area contributed by atoms with Crippen molar-refractivity contribution < 1.29 is 4.79 Å². The van der Waals surface area contributed by atoms with Gasteiger partial charge in [-0.3, -0.25) is 4.79 Å². The molecule has 1 fully saturated rings. The lowest BCUT2D eigenvalue weighted by Crippen LogP contribution is -2.01. The van der Waals surface area contributed by atoms with Crippen LogP contribution in [0.1, 0.15) is 80.6 Å². The lowest BCUT2D eigenvalue weighted by Gasteiger charge is -2.04. The second-order valence-corrected chi connectivity index (χ2v) is 6.21. The Morgan fingerprint density at radius 1 is 0.950 bits per heavy atom. The predicted octanol–water partition coefficient (Wildman–Crippen LogP) is 5.57. The van der Waals surface area contributed by atoms with E-state index in [4.69, 9.17) is 0 Å². The molecule has 1 nitrogen and oxygen atoms in total. The van der Waals surface area contributed by atoms with Crippen molar-refractivity contribution in [3.63, 3.8) is 0 Å². The molecule has 1 aliphatic carbocycles. The fraction of sp³-hybridized carbons (Fsp3) is 0.632. The van der Waals surface area contributed by atoms with Gasteiger partial charge in [-0.25, -0.2) is 0 Å². The molecule has 0 N–H and O–H groups in total. The summed E-state index contributed by atoms with van der Waals surface area (Å²) in [5, 5.41) is 0. The van der Waals surface area contributed by atoms with Crippen LogP contribution in [-0.4, -0.2) is 5.78 Å². The average molecular weight is 272 g/mol. The average Bonchev–Trinajstić information content (AvgIpc) is 3.31. The first-order valence-electron chi connectivity index (χ1n) is 8.44. The van der Waals surface area contributed by atoms with E-state index in [2.05, 4.69) is 19.1 Å². The lowest BCUT2D eigenvalue weighted by molar-refractivity contribution is 0.0967. The van der Waals surface area contributed by atoms with E-state index in [9.17, 15) is 4.79 Å². The van der Waals surface area contributed by atoms with Crippen molar-refractivity contribution in [2.24, 2.45) is 5.92 Å². The van der Waals surface area contributed by atoms with E-state index in [1.807, 2.05) is 12.1 Å². The van der Waals surface area contributed by atoms with Crippen molar-refractivity contribution >= 4 is 5.78 Å². The molecule has 0 spiro atoms. The highest BCUT2D eigenvalue weighted by Crippen LogP contribution is 2.32. The molecule has 1 heteroatoms. The molecular weight excluding hydrogens is 244 g/mol. The van der Waals surface area contributed by atoms with Crippen LogP contribution in [0.4, 0.5) is 0 Å². The number of benzene rings is 1. The zero-order chi connectivity index (χ0) is 14.2. The first-order valence-corrected chi connectivity index (χ1v) is 8.44. The third-order valence-corrected chi connectivity index (χ3v) is 4.26. The molecule has 0 aliphatic heterocycles. The third kappa shape index (κ3) is 5.11. The number of carbonyl (C=O) groups excluding carboxylic acids is 1. The van der Waals surface area contributed by atoms with Gasteiger partial charge in [-0.15, -0.1) is 0 Å². The fourth-order valence-electron chi connectivity index (χ4n) is 2.70. The Balaban J connectivity index is 1.62. The molecule has 1 aliphatic rings. The van der Waals surface area contributed by atoms with Gasteiger partial charge < -0.3 is 0 Å². The third-order valence-electron chi connectivity index (χ3n) is 4.26. The first-order chi connectivity index (χ1) is 9.81. The Morgan fingerprint density at radius 2 is 1.55 bits per heavy atom. The van der Waals surface area contributed by atoms with Gasteiger partial charge >= 0.3 is 0 Å². The number of aryl methyl sites for hydroxylation is 1. The smallest absolute Gasteiger partial charge is 0.165 e. The summed E-state index contributed by atoms with van der Waals surface area (Å²) in [4.78, 5) is 11.9. The van der Waals surface area contributed by atoms with Gasteiger partial charge in [-0.2, -0.15) is 0 Å². The highest BCUT2D eigenvalue weighted by Gasteiger charge is 2.30. The molecule has 1 aromatic rings. The molecular formula is C19H28O. The number of ketones is 1. The van der Waals surface area contributed by atoms with E-state index < -0.39 is 0 Å². The Hall–Kier alpha value is -1.11. The van der Waals surface area contributed by atoms with Crippen LogP contribution >= 0.6 is 0 Å². The highest BCUT2D eigenvalue weighted by atomic mass is 16.1. The number of carbonyl (C=O) groups is 1. The summed E-state index contributed by atoms with van der Waals surface area (Å²) in [5.41, 5.74) is 2.29. The molecule has 1 saturated carbocycles. The minimum Gasteiger partial charge on any atom is -0.294 e. The van der Waals surface area contributed by atoms with Crippen LogP contribution in [0.15, 0.2) is 24.3 Å².